The Morgan fingerprint density at radius 2 is 1.49 bits per heavy atom. The Kier molecular flexibility index (Phi) is 9.30. The van der Waals surface area contributed by atoms with E-state index in [-0.39, 0.29) is 17.7 Å². The number of carbonyl (C=O) groups excluding carboxylic acids is 2. The summed E-state index contributed by atoms with van der Waals surface area (Å²) < 4.78 is 10.7. The second kappa shape index (κ2) is 12.6. The molecule has 184 valence electrons. The van der Waals surface area contributed by atoms with Crippen molar-refractivity contribution >= 4 is 11.8 Å². The summed E-state index contributed by atoms with van der Waals surface area (Å²) in [6, 6.07) is 24.2. The Bertz CT molecular complexity index is 1100. The first kappa shape index (κ1) is 25.8. The normalized spacial score (nSPS) is 11.6. The van der Waals surface area contributed by atoms with Crippen LogP contribution in [0.5, 0.6) is 11.5 Å². The average molecular weight is 475 g/mol. The number of carbonyl (C=O) groups is 2. The van der Waals surface area contributed by atoms with Gasteiger partial charge in [-0.2, -0.15) is 0 Å². The van der Waals surface area contributed by atoms with Crippen LogP contribution in [0.1, 0.15) is 30.5 Å². The monoisotopic (exact) mass is 474 g/mol. The van der Waals surface area contributed by atoms with Gasteiger partial charge in [-0.3, -0.25) is 9.59 Å². The van der Waals surface area contributed by atoms with Crippen LogP contribution in [0.25, 0.3) is 0 Å². The molecule has 3 rings (SSSR count). The quantitative estimate of drug-likeness (QED) is 0.441. The highest BCUT2D eigenvalue weighted by Gasteiger charge is 2.31. The fourth-order valence-corrected chi connectivity index (χ4v) is 3.93. The number of hydrogen-bond donors (Lipinski definition) is 1. The molecule has 2 amide bonds. The molecule has 0 aliphatic rings. The van der Waals surface area contributed by atoms with Crippen molar-refractivity contribution in [2.24, 2.45) is 5.92 Å². The summed E-state index contributed by atoms with van der Waals surface area (Å²) in [7, 11) is 3.22. The molecule has 6 heteroatoms. The number of rotatable bonds is 11. The zero-order chi connectivity index (χ0) is 25.2. The number of nitrogens with zero attached hydrogens (tertiary/aromatic N) is 1. The molecular weight excluding hydrogens is 440 g/mol. The van der Waals surface area contributed by atoms with Crippen molar-refractivity contribution in [2.75, 3.05) is 14.2 Å². The second-order valence-corrected chi connectivity index (χ2v) is 8.70. The molecular formula is C29H34N2O4. The fraction of sp³-hybridized carbons (Fsp3) is 0.310. The number of hydrogen-bond acceptors (Lipinski definition) is 4. The van der Waals surface area contributed by atoms with E-state index in [9.17, 15) is 9.59 Å². The number of para-hydroxylation sites is 1. The van der Waals surface area contributed by atoms with Crippen LogP contribution in [0, 0.1) is 5.92 Å². The second-order valence-electron chi connectivity index (χ2n) is 8.70. The number of amides is 2. The summed E-state index contributed by atoms with van der Waals surface area (Å²) in [4.78, 5) is 28.7. The van der Waals surface area contributed by atoms with Gasteiger partial charge in [-0.15, -0.1) is 0 Å². The van der Waals surface area contributed by atoms with E-state index >= 15 is 0 Å². The highest BCUT2D eigenvalue weighted by Crippen LogP contribution is 2.20. The Labute approximate surface area is 207 Å². The molecule has 0 spiro atoms. The van der Waals surface area contributed by atoms with Gasteiger partial charge in [0.2, 0.25) is 11.8 Å². The third kappa shape index (κ3) is 7.09. The number of benzene rings is 3. The van der Waals surface area contributed by atoms with Gasteiger partial charge in [-0.05, 0) is 29.3 Å². The topological polar surface area (TPSA) is 67.9 Å². The van der Waals surface area contributed by atoms with E-state index < -0.39 is 6.04 Å². The van der Waals surface area contributed by atoms with Crippen LogP contribution in [0.2, 0.25) is 0 Å². The van der Waals surface area contributed by atoms with Gasteiger partial charge in [0.05, 0.1) is 14.2 Å². The van der Waals surface area contributed by atoms with Gasteiger partial charge in [-0.1, -0.05) is 74.5 Å². The van der Waals surface area contributed by atoms with Crippen LogP contribution in [-0.2, 0) is 29.1 Å². The zero-order valence-corrected chi connectivity index (χ0v) is 20.9. The van der Waals surface area contributed by atoms with Crippen LogP contribution in [0.4, 0.5) is 0 Å². The molecule has 1 N–H and O–H groups in total. The van der Waals surface area contributed by atoms with E-state index in [2.05, 4.69) is 5.32 Å². The first-order valence-electron chi connectivity index (χ1n) is 11.8. The van der Waals surface area contributed by atoms with Crippen LogP contribution >= 0.6 is 0 Å². The molecule has 0 aliphatic heterocycles. The van der Waals surface area contributed by atoms with E-state index in [0.29, 0.717) is 25.3 Å². The smallest absolute Gasteiger partial charge is 0.243 e. The largest absolute Gasteiger partial charge is 0.497 e. The first-order valence-corrected chi connectivity index (χ1v) is 11.8. The summed E-state index contributed by atoms with van der Waals surface area (Å²) in [5, 5.41) is 3.04. The van der Waals surface area contributed by atoms with E-state index in [0.717, 1.165) is 22.4 Å². The number of nitrogens with one attached hydrogen (secondary N) is 1. The highest BCUT2D eigenvalue weighted by atomic mass is 16.5. The number of methoxy groups -OCH3 is 2. The minimum absolute atomic E-state index is 0.0748. The lowest BCUT2D eigenvalue weighted by Crippen LogP contribution is -2.51. The van der Waals surface area contributed by atoms with Crippen LogP contribution < -0.4 is 14.8 Å². The minimum Gasteiger partial charge on any atom is -0.497 e. The fourth-order valence-electron chi connectivity index (χ4n) is 3.93. The van der Waals surface area contributed by atoms with Crippen molar-refractivity contribution in [1.29, 1.82) is 0 Å². The molecule has 0 saturated carbocycles. The van der Waals surface area contributed by atoms with Gasteiger partial charge < -0.3 is 19.7 Å². The van der Waals surface area contributed by atoms with Crippen LogP contribution in [-0.4, -0.2) is 37.0 Å². The Morgan fingerprint density at radius 3 is 2.11 bits per heavy atom. The van der Waals surface area contributed by atoms with Crippen molar-refractivity contribution in [3.63, 3.8) is 0 Å². The lowest BCUT2D eigenvalue weighted by molar-refractivity contribution is -0.143. The molecule has 0 aromatic heterocycles. The summed E-state index contributed by atoms with van der Waals surface area (Å²) in [5.74, 6) is 0.914. The van der Waals surface area contributed by atoms with Crippen molar-refractivity contribution in [1.82, 2.24) is 10.2 Å². The van der Waals surface area contributed by atoms with Gasteiger partial charge in [0.15, 0.2) is 0 Å². The van der Waals surface area contributed by atoms with Gasteiger partial charge in [0, 0.05) is 31.0 Å². The third-order valence-electron chi connectivity index (χ3n) is 5.89. The van der Waals surface area contributed by atoms with Crippen molar-refractivity contribution < 1.29 is 19.1 Å². The molecule has 0 bridgehead atoms. The van der Waals surface area contributed by atoms with Gasteiger partial charge in [0.1, 0.15) is 17.5 Å². The van der Waals surface area contributed by atoms with E-state index in [1.807, 2.05) is 92.7 Å². The molecule has 0 radical (unpaired) electrons. The predicted molar refractivity (Wildman–Crippen MR) is 137 cm³/mol. The molecule has 0 saturated heterocycles. The lowest BCUT2D eigenvalue weighted by Gasteiger charge is -2.33. The van der Waals surface area contributed by atoms with Gasteiger partial charge >= 0.3 is 0 Å². The SMILES string of the molecule is COc1ccc(CN(C(=O)C(C)C)[C@H](Cc2ccccc2)C(=O)NCc2ccccc2OC)cc1. The summed E-state index contributed by atoms with van der Waals surface area (Å²) >= 11 is 0. The molecule has 0 unspecified atom stereocenters. The van der Waals surface area contributed by atoms with E-state index in [4.69, 9.17) is 9.47 Å². The first-order chi connectivity index (χ1) is 16.9. The number of ether oxygens (including phenoxy) is 2. The molecule has 0 aliphatic carbocycles. The maximum Gasteiger partial charge on any atom is 0.243 e. The summed E-state index contributed by atoms with van der Waals surface area (Å²) in [5.41, 5.74) is 2.79. The van der Waals surface area contributed by atoms with Crippen molar-refractivity contribution in [2.45, 2.75) is 39.4 Å². The van der Waals surface area contributed by atoms with Crippen LogP contribution in [0.3, 0.4) is 0 Å². The molecule has 1 atom stereocenters. The van der Waals surface area contributed by atoms with Crippen LogP contribution in [0.15, 0.2) is 78.9 Å². The maximum absolute atomic E-state index is 13.6. The average Bonchev–Trinajstić information content (AvgIpc) is 2.89. The Morgan fingerprint density at radius 1 is 0.829 bits per heavy atom. The van der Waals surface area contributed by atoms with Gasteiger partial charge in [0.25, 0.3) is 0 Å². The molecule has 0 heterocycles. The molecule has 3 aromatic rings. The predicted octanol–water partition coefficient (Wildman–Crippen LogP) is 4.62. The standard InChI is InChI=1S/C29H34N2O4/c1-21(2)29(33)31(20-23-14-16-25(34-3)17-15-23)26(18-22-10-6-5-7-11-22)28(32)30-19-24-12-8-9-13-27(24)35-4/h5-17,21,26H,18-20H2,1-4H3,(H,30,32)/t26-/m1/s1. The van der Waals surface area contributed by atoms with Gasteiger partial charge in [-0.25, -0.2) is 0 Å². The zero-order valence-electron chi connectivity index (χ0n) is 20.9. The van der Waals surface area contributed by atoms with Crippen molar-refractivity contribution in [3.05, 3.63) is 95.6 Å². The Hall–Kier alpha value is -3.80. The van der Waals surface area contributed by atoms with Crippen molar-refractivity contribution in [3.8, 4) is 11.5 Å². The lowest BCUT2D eigenvalue weighted by atomic mass is 10.0. The summed E-state index contributed by atoms with van der Waals surface area (Å²) in [6.45, 7) is 4.34. The molecule has 0 fully saturated rings. The highest BCUT2D eigenvalue weighted by molar-refractivity contribution is 5.88. The van der Waals surface area contributed by atoms with E-state index in [1.54, 1.807) is 19.1 Å². The third-order valence-corrected chi connectivity index (χ3v) is 5.89. The molecule has 3 aromatic carbocycles. The summed E-state index contributed by atoms with van der Waals surface area (Å²) in [6.07, 6.45) is 0.410. The minimum atomic E-state index is -0.677. The van der Waals surface area contributed by atoms with E-state index in [1.165, 1.54) is 0 Å². The molecule has 35 heavy (non-hydrogen) atoms. The molecule has 6 nitrogen and oxygen atoms in total. The maximum atomic E-state index is 13.6. The Balaban J connectivity index is 1.90.